The largest absolute Gasteiger partial charge is 0.377 e. The van der Waals surface area contributed by atoms with Crippen molar-refractivity contribution in [3.05, 3.63) is 15.9 Å². The van der Waals surface area contributed by atoms with Crippen LogP contribution in [0.1, 0.15) is 44.0 Å². The molecule has 3 unspecified atom stereocenters. The molecule has 120 valence electrons. The predicted octanol–water partition coefficient (Wildman–Crippen LogP) is 2.46. The van der Waals surface area contributed by atoms with Crippen LogP contribution in [0.2, 0.25) is 0 Å². The number of aromatic nitrogens is 2. The fourth-order valence-electron chi connectivity index (χ4n) is 3.68. The van der Waals surface area contributed by atoms with E-state index in [-0.39, 0.29) is 11.6 Å². The Kier molecular flexibility index (Phi) is 5.46. The molecule has 1 aliphatic rings. The summed E-state index contributed by atoms with van der Waals surface area (Å²) in [6.07, 6.45) is 5.37. The molecule has 0 bridgehead atoms. The summed E-state index contributed by atoms with van der Waals surface area (Å²) in [6, 6.07) is 0.0800. The molecule has 21 heavy (non-hydrogen) atoms. The van der Waals surface area contributed by atoms with E-state index in [1.807, 2.05) is 25.8 Å². The highest BCUT2D eigenvalue weighted by Crippen LogP contribution is 2.38. The molecule has 1 aromatic heterocycles. The van der Waals surface area contributed by atoms with Crippen LogP contribution in [-0.4, -0.2) is 28.5 Å². The van der Waals surface area contributed by atoms with Crippen molar-refractivity contribution in [2.24, 2.45) is 18.8 Å². The van der Waals surface area contributed by atoms with Crippen molar-refractivity contribution in [2.45, 2.75) is 57.6 Å². The molecular formula is C15H27BrN4O. The zero-order valence-corrected chi connectivity index (χ0v) is 15.0. The van der Waals surface area contributed by atoms with E-state index in [0.29, 0.717) is 5.92 Å². The fraction of sp³-hybridized carbons (Fsp3) is 0.800. The van der Waals surface area contributed by atoms with E-state index < -0.39 is 0 Å². The van der Waals surface area contributed by atoms with Crippen molar-refractivity contribution in [3.63, 3.8) is 0 Å². The van der Waals surface area contributed by atoms with E-state index in [0.717, 1.165) is 35.1 Å². The second kappa shape index (κ2) is 6.77. The number of nitrogens with one attached hydrogen (secondary N) is 1. The highest BCUT2D eigenvalue weighted by atomic mass is 79.9. The van der Waals surface area contributed by atoms with Crippen LogP contribution in [0.15, 0.2) is 4.47 Å². The molecule has 1 aliphatic carbocycles. The van der Waals surface area contributed by atoms with Gasteiger partial charge in [-0.3, -0.25) is 16.0 Å². The number of hydrazine groups is 1. The van der Waals surface area contributed by atoms with Gasteiger partial charge in [-0.1, -0.05) is 19.8 Å². The minimum atomic E-state index is -0.190. The number of hydrogen-bond acceptors (Lipinski definition) is 4. The van der Waals surface area contributed by atoms with Gasteiger partial charge in [-0.2, -0.15) is 5.10 Å². The van der Waals surface area contributed by atoms with Gasteiger partial charge in [-0.05, 0) is 41.6 Å². The van der Waals surface area contributed by atoms with Crippen LogP contribution < -0.4 is 11.3 Å². The lowest BCUT2D eigenvalue weighted by Gasteiger charge is -2.44. The van der Waals surface area contributed by atoms with Gasteiger partial charge in [0.05, 0.1) is 27.5 Å². The Balaban J connectivity index is 2.25. The van der Waals surface area contributed by atoms with Crippen LogP contribution in [0.5, 0.6) is 0 Å². The Morgan fingerprint density at radius 2 is 2.33 bits per heavy atom. The topological polar surface area (TPSA) is 65.1 Å². The first-order valence-corrected chi connectivity index (χ1v) is 8.42. The number of nitrogens with zero attached hydrogens (tertiary/aromatic N) is 2. The molecular weight excluding hydrogens is 332 g/mol. The molecule has 0 aromatic carbocycles. The van der Waals surface area contributed by atoms with Crippen LogP contribution in [0.3, 0.4) is 0 Å². The third-order valence-electron chi connectivity index (χ3n) is 4.89. The van der Waals surface area contributed by atoms with Crippen LogP contribution >= 0.6 is 15.9 Å². The molecule has 2 rings (SSSR count). The maximum Gasteiger partial charge on any atom is 0.0850 e. The average molecular weight is 359 g/mol. The molecule has 1 aromatic rings. The van der Waals surface area contributed by atoms with E-state index in [1.54, 1.807) is 0 Å². The molecule has 0 radical (unpaired) electrons. The monoisotopic (exact) mass is 358 g/mol. The Morgan fingerprint density at radius 1 is 1.62 bits per heavy atom. The number of hydrogen-bond donors (Lipinski definition) is 2. The van der Waals surface area contributed by atoms with Gasteiger partial charge in [0.2, 0.25) is 0 Å². The Bertz CT molecular complexity index is 490. The van der Waals surface area contributed by atoms with Crippen LogP contribution in [0.4, 0.5) is 0 Å². The normalized spacial score (nSPS) is 27.8. The number of nitrogens with two attached hydrogens (primary N) is 1. The van der Waals surface area contributed by atoms with Crippen molar-refractivity contribution in [2.75, 3.05) is 7.11 Å². The van der Waals surface area contributed by atoms with Crippen molar-refractivity contribution in [3.8, 4) is 0 Å². The summed E-state index contributed by atoms with van der Waals surface area (Å²) >= 11 is 3.64. The third-order valence-corrected chi connectivity index (χ3v) is 5.92. The summed E-state index contributed by atoms with van der Waals surface area (Å²) in [4.78, 5) is 0. The smallest absolute Gasteiger partial charge is 0.0850 e. The molecule has 5 nitrogen and oxygen atoms in total. The van der Waals surface area contributed by atoms with Crippen LogP contribution in [0.25, 0.3) is 0 Å². The number of aryl methyl sites for hydroxylation is 2. The number of ether oxygens (including phenoxy) is 1. The second-order valence-corrected chi connectivity index (χ2v) is 7.16. The molecule has 3 N–H and O–H groups in total. The number of halogens is 1. The number of rotatable bonds is 5. The second-order valence-electron chi connectivity index (χ2n) is 6.36. The summed E-state index contributed by atoms with van der Waals surface area (Å²) in [6.45, 7) is 4.30. The van der Waals surface area contributed by atoms with Crippen molar-refractivity contribution in [1.82, 2.24) is 15.2 Å². The Morgan fingerprint density at radius 3 is 2.81 bits per heavy atom. The highest BCUT2D eigenvalue weighted by Gasteiger charge is 2.42. The van der Waals surface area contributed by atoms with Crippen molar-refractivity contribution < 1.29 is 4.74 Å². The van der Waals surface area contributed by atoms with E-state index in [1.165, 1.54) is 12.8 Å². The van der Waals surface area contributed by atoms with Crippen LogP contribution in [-0.2, 0) is 18.2 Å². The molecule has 1 heterocycles. The first-order chi connectivity index (χ1) is 9.93. The SMILES string of the molecule is COC1(C(Cc2c(Br)c(C)nn2C)NN)CCCC(C)C1. The zero-order valence-electron chi connectivity index (χ0n) is 13.4. The van der Waals surface area contributed by atoms with Crippen molar-refractivity contribution in [1.29, 1.82) is 0 Å². The van der Waals surface area contributed by atoms with Crippen molar-refractivity contribution >= 4 is 15.9 Å². The zero-order chi connectivity index (χ0) is 15.6. The molecule has 0 amide bonds. The van der Waals surface area contributed by atoms with Gasteiger partial charge in [-0.15, -0.1) is 0 Å². The predicted molar refractivity (Wildman–Crippen MR) is 87.8 cm³/mol. The Hall–Kier alpha value is -0.430. The van der Waals surface area contributed by atoms with E-state index in [2.05, 4.69) is 33.4 Å². The standard InChI is InChI=1S/C15H27BrN4O/c1-10-6-5-7-15(9-10,21-4)13(18-17)8-12-14(16)11(2)19-20(12)3/h10,13,18H,5-9,17H2,1-4H3. The molecule has 0 spiro atoms. The minimum absolute atomic E-state index is 0.0800. The Labute approximate surface area is 135 Å². The van der Waals surface area contributed by atoms with Gasteiger partial charge in [-0.25, -0.2) is 0 Å². The summed E-state index contributed by atoms with van der Waals surface area (Å²) in [5.41, 5.74) is 4.98. The highest BCUT2D eigenvalue weighted by molar-refractivity contribution is 9.10. The maximum absolute atomic E-state index is 5.97. The van der Waals surface area contributed by atoms with Gasteiger partial charge in [0.15, 0.2) is 0 Å². The first-order valence-electron chi connectivity index (χ1n) is 7.62. The lowest BCUT2D eigenvalue weighted by Crippen LogP contribution is -2.57. The number of methoxy groups -OCH3 is 1. The maximum atomic E-state index is 5.97. The average Bonchev–Trinajstić information content (AvgIpc) is 2.70. The summed E-state index contributed by atoms with van der Waals surface area (Å²) in [5.74, 6) is 6.56. The summed E-state index contributed by atoms with van der Waals surface area (Å²) < 4.78 is 8.97. The third kappa shape index (κ3) is 3.33. The van der Waals surface area contributed by atoms with E-state index in [4.69, 9.17) is 10.6 Å². The van der Waals surface area contributed by atoms with Crippen LogP contribution in [0, 0.1) is 12.8 Å². The fourth-order valence-corrected chi connectivity index (χ4v) is 4.18. The molecule has 1 fully saturated rings. The molecule has 0 aliphatic heterocycles. The summed E-state index contributed by atoms with van der Waals surface area (Å²) in [7, 11) is 3.79. The van der Waals surface area contributed by atoms with E-state index >= 15 is 0 Å². The lowest BCUT2D eigenvalue weighted by molar-refractivity contribution is -0.0794. The quantitative estimate of drug-likeness (QED) is 0.626. The molecule has 6 heteroatoms. The van der Waals surface area contributed by atoms with E-state index in [9.17, 15) is 0 Å². The summed E-state index contributed by atoms with van der Waals surface area (Å²) in [5, 5.41) is 4.47. The first kappa shape index (κ1) is 16.9. The molecule has 0 saturated heterocycles. The van der Waals surface area contributed by atoms with Gasteiger partial charge in [0.1, 0.15) is 0 Å². The van der Waals surface area contributed by atoms with Gasteiger partial charge >= 0.3 is 0 Å². The van der Waals surface area contributed by atoms with Gasteiger partial charge < -0.3 is 4.74 Å². The minimum Gasteiger partial charge on any atom is -0.377 e. The molecule has 1 saturated carbocycles. The molecule has 3 atom stereocenters. The van der Waals surface area contributed by atoms with Gasteiger partial charge in [0, 0.05) is 20.6 Å². The lowest BCUT2D eigenvalue weighted by atomic mass is 9.73. The van der Waals surface area contributed by atoms with Gasteiger partial charge in [0.25, 0.3) is 0 Å².